The molecule has 4 rings (SSSR count). The molecular weight excluding hydrogens is 491 g/mol. The number of carbonyl (C=O) groups excluding carboxylic acids is 2. The summed E-state index contributed by atoms with van der Waals surface area (Å²) in [5.41, 5.74) is 3.21. The van der Waals surface area contributed by atoms with E-state index in [0.717, 1.165) is 66.6 Å². The highest BCUT2D eigenvalue weighted by Crippen LogP contribution is 2.32. The van der Waals surface area contributed by atoms with Gasteiger partial charge in [-0.1, -0.05) is 67.8 Å². The van der Waals surface area contributed by atoms with Crippen LogP contribution in [0.15, 0.2) is 78.9 Å². The quantitative estimate of drug-likeness (QED) is 0.237. The van der Waals surface area contributed by atoms with Crippen molar-refractivity contribution in [2.45, 2.75) is 44.8 Å². The number of methoxy groups -OCH3 is 1. The van der Waals surface area contributed by atoms with Gasteiger partial charge in [-0.3, -0.25) is 4.79 Å². The number of ether oxygens (including phenoxy) is 1. The van der Waals surface area contributed by atoms with Crippen molar-refractivity contribution in [2.75, 3.05) is 12.0 Å². The number of esters is 1. The molecule has 1 fully saturated rings. The highest BCUT2D eigenvalue weighted by atomic mass is 19.4. The lowest BCUT2D eigenvalue weighted by Gasteiger charge is -2.30. The number of hydrogen-bond acceptors (Lipinski definition) is 3. The average molecular weight is 522 g/mol. The molecule has 0 heterocycles. The molecule has 0 atom stereocenters. The summed E-state index contributed by atoms with van der Waals surface area (Å²) in [7, 11) is 1.32. The van der Waals surface area contributed by atoms with Crippen LogP contribution < -0.4 is 4.90 Å². The summed E-state index contributed by atoms with van der Waals surface area (Å²) in [6.45, 7) is 0.354. The van der Waals surface area contributed by atoms with Crippen LogP contribution in [0, 0.1) is 5.92 Å². The van der Waals surface area contributed by atoms with Crippen molar-refractivity contribution < 1.29 is 27.5 Å². The second-order valence-corrected chi connectivity index (χ2v) is 9.48. The van der Waals surface area contributed by atoms with Crippen LogP contribution in [0.5, 0.6) is 0 Å². The van der Waals surface area contributed by atoms with E-state index in [4.69, 9.17) is 0 Å². The summed E-state index contributed by atoms with van der Waals surface area (Å²) >= 11 is 0. The van der Waals surface area contributed by atoms with Gasteiger partial charge in [0.2, 0.25) is 5.91 Å². The van der Waals surface area contributed by atoms with Gasteiger partial charge in [-0.15, -0.1) is 0 Å². The Labute approximate surface area is 220 Å². The number of rotatable bonds is 7. The number of carbonyl (C=O) groups is 2. The van der Waals surface area contributed by atoms with Gasteiger partial charge in [0.15, 0.2) is 0 Å². The van der Waals surface area contributed by atoms with Crippen LogP contribution in [0.4, 0.5) is 18.9 Å². The van der Waals surface area contributed by atoms with E-state index in [9.17, 15) is 22.8 Å². The van der Waals surface area contributed by atoms with Gasteiger partial charge in [-0.05, 0) is 65.4 Å². The molecule has 3 aromatic carbocycles. The summed E-state index contributed by atoms with van der Waals surface area (Å²) < 4.78 is 43.4. The first kappa shape index (κ1) is 27.2. The summed E-state index contributed by atoms with van der Waals surface area (Å²) in [4.78, 5) is 27.0. The van der Waals surface area contributed by atoms with Crippen LogP contribution in [-0.2, 0) is 27.0 Å². The van der Waals surface area contributed by atoms with Crippen LogP contribution >= 0.6 is 0 Å². The molecule has 0 spiro atoms. The van der Waals surface area contributed by atoms with Crippen LogP contribution in [0.2, 0.25) is 0 Å². The minimum absolute atomic E-state index is 0.0376. The number of halogens is 3. The Bertz CT molecular complexity index is 1270. The molecule has 0 N–H and O–H groups in total. The Balaban J connectivity index is 1.58. The van der Waals surface area contributed by atoms with Crippen LogP contribution in [-0.4, -0.2) is 19.0 Å². The topological polar surface area (TPSA) is 46.6 Å². The zero-order valence-electron chi connectivity index (χ0n) is 21.2. The number of hydrogen-bond donors (Lipinski definition) is 0. The van der Waals surface area contributed by atoms with Gasteiger partial charge in [0.25, 0.3) is 0 Å². The zero-order chi connectivity index (χ0) is 27.1. The van der Waals surface area contributed by atoms with Crippen molar-refractivity contribution >= 4 is 23.6 Å². The molecule has 0 aromatic heterocycles. The van der Waals surface area contributed by atoms with E-state index < -0.39 is 17.7 Å². The number of nitrogens with zero attached hydrogens (tertiary/aromatic N) is 1. The Hall–Kier alpha value is -3.87. The maximum Gasteiger partial charge on any atom is 0.416 e. The number of benzene rings is 3. The standard InChI is InChI=1S/C31H30F3NO3/c1-38-29(36)19-12-22-6-5-9-28(20-22)35(30(37)26-7-3-2-4-8-26)21-23-10-13-24(14-11-23)25-15-17-27(18-16-25)31(32,33)34/h5-6,9-20,26H,2-4,7-8,21H2,1H3/b19-12+. The third kappa shape index (κ3) is 6.91. The van der Waals surface area contributed by atoms with E-state index in [1.54, 1.807) is 11.0 Å². The fraction of sp³-hybridized carbons (Fsp3) is 0.290. The molecule has 1 aliphatic rings. The summed E-state index contributed by atoms with van der Waals surface area (Å²) in [6.07, 6.45) is 3.56. The van der Waals surface area contributed by atoms with Crippen molar-refractivity contribution in [2.24, 2.45) is 5.92 Å². The maximum atomic E-state index is 13.7. The molecule has 38 heavy (non-hydrogen) atoms. The van der Waals surface area contributed by atoms with E-state index in [-0.39, 0.29) is 11.8 Å². The van der Waals surface area contributed by atoms with E-state index >= 15 is 0 Å². The molecule has 1 saturated carbocycles. The van der Waals surface area contributed by atoms with Gasteiger partial charge in [-0.2, -0.15) is 13.2 Å². The van der Waals surface area contributed by atoms with Gasteiger partial charge in [-0.25, -0.2) is 4.79 Å². The molecule has 4 nitrogen and oxygen atoms in total. The van der Waals surface area contributed by atoms with Gasteiger partial charge in [0.05, 0.1) is 19.2 Å². The maximum absolute atomic E-state index is 13.7. The first-order valence-electron chi connectivity index (χ1n) is 12.7. The molecular formula is C31H30F3NO3. The van der Waals surface area contributed by atoms with E-state index in [2.05, 4.69) is 4.74 Å². The second kappa shape index (κ2) is 12.1. The van der Waals surface area contributed by atoms with Crippen molar-refractivity contribution in [3.63, 3.8) is 0 Å². The van der Waals surface area contributed by atoms with Crippen LogP contribution in [0.25, 0.3) is 17.2 Å². The zero-order valence-corrected chi connectivity index (χ0v) is 21.2. The van der Waals surface area contributed by atoms with Gasteiger partial charge < -0.3 is 9.64 Å². The van der Waals surface area contributed by atoms with Gasteiger partial charge in [0.1, 0.15) is 0 Å². The normalized spacial score (nSPS) is 14.4. The molecule has 7 heteroatoms. The fourth-order valence-electron chi connectivity index (χ4n) is 4.73. The van der Waals surface area contributed by atoms with Crippen molar-refractivity contribution in [1.29, 1.82) is 0 Å². The Morgan fingerprint density at radius 1 is 0.921 bits per heavy atom. The average Bonchev–Trinajstić information content (AvgIpc) is 2.95. The van der Waals surface area contributed by atoms with E-state index in [1.807, 2.05) is 48.5 Å². The molecule has 0 aliphatic heterocycles. The molecule has 198 valence electrons. The Morgan fingerprint density at radius 2 is 1.55 bits per heavy atom. The summed E-state index contributed by atoms with van der Waals surface area (Å²) in [6, 6.07) is 20.0. The minimum atomic E-state index is -4.37. The van der Waals surface area contributed by atoms with E-state index in [0.29, 0.717) is 12.1 Å². The van der Waals surface area contributed by atoms with Crippen LogP contribution in [0.3, 0.4) is 0 Å². The molecule has 3 aromatic rings. The second-order valence-electron chi connectivity index (χ2n) is 9.48. The third-order valence-electron chi connectivity index (χ3n) is 6.86. The smallest absolute Gasteiger partial charge is 0.416 e. The third-order valence-corrected chi connectivity index (χ3v) is 6.86. The van der Waals surface area contributed by atoms with Gasteiger partial charge >= 0.3 is 12.1 Å². The van der Waals surface area contributed by atoms with Crippen molar-refractivity contribution in [3.8, 4) is 11.1 Å². The largest absolute Gasteiger partial charge is 0.466 e. The lowest BCUT2D eigenvalue weighted by atomic mass is 9.88. The summed E-state index contributed by atoms with van der Waals surface area (Å²) in [5.74, 6) is -0.422. The van der Waals surface area contributed by atoms with E-state index in [1.165, 1.54) is 25.3 Å². The minimum Gasteiger partial charge on any atom is -0.466 e. The lowest BCUT2D eigenvalue weighted by molar-refractivity contribution is -0.137. The predicted octanol–water partition coefficient (Wildman–Crippen LogP) is 7.67. The molecule has 0 radical (unpaired) electrons. The highest BCUT2D eigenvalue weighted by Gasteiger charge is 2.30. The number of anilines is 1. The van der Waals surface area contributed by atoms with Crippen molar-refractivity contribution in [3.05, 3.63) is 95.6 Å². The van der Waals surface area contributed by atoms with Crippen LogP contribution in [0.1, 0.15) is 48.8 Å². The summed E-state index contributed by atoms with van der Waals surface area (Å²) in [5, 5.41) is 0. The predicted molar refractivity (Wildman–Crippen MR) is 142 cm³/mol. The molecule has 0 unspecified atom stereocenters. The number of amides is 1. The number of alkyl halides is 3. The highest BCUT2D eigenvalue weighted by molar-refractivity contribution is 5.95. The first-order valence-corrected chi connectivity index (χ1v) is 12.7. The van der Waals surface area contributed by atoms with Gasteiger partial charge in [0, 0.05) is 17.7 Å². The molecule has 1 amide bonds. The fourth-order valence-corrected chi connectivity index (χ4v) is 4.73. The SMILES string of the molecule is COC(=O)/C=C/c1cccc(N(Cc2ccc(-c3ccc(C(F)(F)F)cc3)cc2)C(=O)C2CCCCC2)c1. The first-order chi connectivity index (χ1) is 18.2. The molecule has 0 bridgehead atoms. The Kier molecular flexibility index (Phi) is 8.66. The molecule has 1 aliphatic carbocycles. The monoisotopic (exact) mass is 521 g/mol. The lowest BCUT2D eigenvalue weighted by Crippen LogP contribution is -2.36. The Morgan fingerprint density at radius 3 is 2.16 bits per heavy atom. The molecule has 0 saturated heterocycles. The van der Waals surface area contributed by atoms with Crippen molar-refractivity contribution in [1.82, 2.24) is 0 Å².